The summed E-state index contributed by atoms with van der Waals surface area (Å²) in [5.41, 5.74) is 3.11. The number of nitrogens with zero attached hydrogens (tertiary/aromatic N) is 3. The van der Waals surface area contributed by atoms with Crippen molar-refractivity contribution in [2.45, 2.75) is 33.1 Å². The second-order valence-electron chi connectivity index (χ2n) is 4.67. The van der Waals surface area contributed by atoms with E-state index in [1.54, 1.807) is 0 Å². The fourth-order valence-corrected chi connectivity index (χ4v) is 1.41. The van der Waals surface area contributed by atoms with Gasteiger partial charge in [0.25, 0.3) is 0 Å². The first-order chi connectivity index (χ1) is 6.47. The van der Waals surface area contributed by atoms with Gasteiger partial charge in [-0.25, -0.2) is 4.98 Å². The van der Waals surface area contributed by atoms with Gasteiger partial charge in [-0.05, 0) is 6.92 Å². The Hall–Kier alpha value is -1.38. The summed E-state index contributed by atoms with van der Waals surface area (Å²) in [7, 11) is 0. The van der Waals surface area contributed by atoms with E-state index in [4.69, 9.17) is 0 Å². The third kappa shape index (κ3) is 1.50. The molecule has 0 saturated heterocycles. The molecule has 0 unspecified atom stereocenters. The monoisotopic (exact) mass is 189 g/mol. The molecule has 3 heteroatoms. The normalized spacial score (nSPS) is 12.3. The van der Waals surface area contributed by atoms with Crippen LogP contribution in [0.15, 0.2) is 18.6 Å². The Bertz CT molecular complexity index is 463. The van der Waals surface area contributed by atoms with Gasteiger partial charge in [0.05, 0.1) is 17.6 Å². The first kappa shape index (κ1) is 9.19. The van der Waals surface area contributed by atoms with E-state index in [0.29, 0.717) is 0 Å². The van der Waals surface area contributed by atoms with Crippen molar-refractivity contribution >= 4 is 5.65 Å². The van der Waals surface area contributed by atoms with Gasteiger partial charge >= 0.3 is 0 Å². The molecule has 0 bridgehead atoms. The minimum absolute atomic E-state index is 0.0896. The third-order valence-electron chi connectivity index (χ3n) is 2.23. The van der Waals surface area contributed by atoms with Crippen molar-refractivity contribution in [2.75, 3.05) is 0 Å². The Balaban J connectivity index is 2.62. The Kier molecular flexibility index (Phi) is 1.84. The second-order valence-corrected chi connectivity index (χ2v) is 4.67. The molecule has 2 rings (SSSR count). The van der Waals surface area contributed by atoms with Crippen molar-refractivity contribution in [3.8, 4) is 0 Å². The average Bonchev–Trinajstić information content (AvgIpc) is 2.41. The zero-order chi connectivity index (χ0) is 10.3. The highest BCUT2D eigenvalue weighted by molar-refractivity contribution is 5.38. The molecule has 0 saturated carbocycles. The molecule has 14 heavy (non-hydrogen) atoms. The zero-order valence-corrected chi connectivity index (χ0v) is 9.07. The zero-order valence-electron chi connectivity index (χ0n) is 9.07. The topological polar surface area (TPSA) is 30.2 Å². The molecule has 0 atom stereocenters. The molecule has 0 aliphatic rings. The highest BCUT2D eigenvalue weighted by Gasteiger charge is 2.15. The van der Waals surface area contributed by atoms with Crippen LogP contribution in [0.3, 0.4) is 0 Å². The summed E-state index contributed by atoms with van der Waals surface area (Å²) in [5, 5.41) is 0. The summed E-state index contributed by atoms with van der Waals surface area (Å²) >= 11 is 0. The lowest BCUT2D eigenvalue weighted by Gasteiger charge is -2.17. The van der Waals surface area contributed by atoms with Crippen LogP contribution < -0.4 is 0 Å². The van der Waals surface area contributed by atoms with Gasteiger partial charge in [0.1, 0.15) is 0 Å². The maximum absolute atomic E-state index is 4.41. The lowest BCUT2D eigenvalue weighted by Crippen LogP contribution is -2.14. The molecule has 74 valence electrons. The third-order valence-corrected chi connectivity index (χ3v) is 2.23. The van der Waals surface area contributed by atoms with E-state index < -0.39 is 0 Å². The average molecular weight is 189 g/mol. The highest BCUT2D eigenvalue weighted by atomic mass is 15.0. The SMILES string of the molecule is Cc1cn2cc(C(C)(C)C)ncc2n1. The van der Waals surface area contributed by atoms with Crippen LogP contribution in [-0.2, 0) is 5.41 Å². The van der Waals surface area contributed by atoms with Crippen LogP contribution in [0, 0.1) is 6.92 Å². The first-order valence-electron chi connectivity index (χ1n) is 4.79. The van der Waals surface area contributed by atoms with Crippen LogP contribution >= 0.6 is 0 Å². The highest BCUT2D eigenvalue weighted by Crippen LogP contribution is 2.19. The van der Waals surface area contributed by atoms with Gasteiger partial charge in [-0.3, -0.25) is 4.98 Å². The standard InChI is InChI=1S/C11H15N3/c1-8-6-14-7-9(11(2,3)4)12-5-10(14)13-8/h5-7H,1-4H3. The smallest absolute Gasteiger partial charge is 0.155 e. The predicted octanol–water partition coefficient (Wildman–Crippen LogP) is 2.34. The van der Waals surface area contributed by atoms with Gasteiger partial charge in [0.15, 0.2) is 5.65 Å². The summed E-state index contributed by atoms with van der Waals surface area (Å²) in [6, 6.07) is 0. The molecule has 0 radical (unpaired) electrons. The van der Waals surface area contributed by atoms with E-state index in [1.165, 1.54) is 0 Å². The van der Waals surface area contributed by atoms with Crippen LogP contribution in [-0.4, -0.2) is 14.4 Å². The Labute approximate surface area is 83.8 Å². The van der Waals surface area contributed by atoms with E-state index in [9.17, 15) is 0 Å². The van der Waals surface area contributed by atoms with Crippen LogP contribution in [0.2, 0.25) is 0 Å². The molecule has 0 aliphatic carbocycles. The van der Waals surface area contributed by atoms with Gasteiger partial charge in [-0.15, -0.1) is 0 Å². The minimum atomic E-state index is 0.0896. The van der Waals surface area contributed by atoms with Crippen LogP contribution in [0.4, 0.5) is 0 Å². The number of aromatic nitrogens is 3. The number of hydrogen-bond donors (Lipinski definition) is 0. The van der Waals surface area contributed by atoms with Crippen LogP contribution in [0.1, 0.15) is 32.2 Å². The molecule has 0 fully saturated rings. The Morgan fingerprint density at radius 3 is 2.57 bits per heavy atom. The molecular formula is C11H15N3. The van der Waals surface area contributed by atoms with Crippen molar-refractivity contribution in [1.82, 2.24) is 14.4 Å². The Morgan fingerprint density at radius 1 is 1.21 bits per heavy atom. The van der Waals surface area contributed by atoms with Crippen LogP contribution in [0.5, 0.6) is 0 Å². The number of hydrogen-bond acceptors (Lipinski definition) is 2. The molecule has 0 spiro atoms. The quantitative estimate of drug-likeness (QED) is 0.636. The van der Waals surface area contributed by atoms with Crippen molar-refractivity contribution in [3.05, 3.63) is 30.0 Å². The molecular weight excluding hydrogens is 174 g/mol. The van der Waals surface area contributed by atoms with Crippen molar-refractivity contribution < 1.29 is 0 Å². The van der Waals surface area contributed by atoms with Crippen molar-refractivity contribution in [1.29, 1.82) is 0 Å². The van der Waals surface area contributed by atoms with E-state index in [-0.39, 0.29) is 5.41 Å². The largest absolute Gasteiger partial charge is 0.304 e. The molecule has 2 aromatic heterocycles. The fourth-order valence-electron chi connectivity index (χ4n) is 1.41. The lowest BCUT2D eigenvalue weighted by atomic mass is 9.93. The number of fused-ring (bicyclic) bond motifs is 1. The summed E-state index contributed by atoms with van der Waals surface area (Å²) in [6.07, 6.45) is 5.90. The number of rotatable bonds is 0. The minimum Gasteiger partial charge on any atom is -0.304 e. The van der Waals surface area contributed by atoms with Crippen molar-refractivity contribution in [2.24, 2.45) is 0 Å². The molecule has 0 aliphatic heterocycles. The number of aryl methyl sites for hydroxylation is 1. The van der Waals surface area contributed by atoms with E-state index in [2.05, 4.69) is 36.9 Å². The second kappa shape index (κ2) is 2.80. The van der Waals surface area contributed by atoms with E-state index in [1.807, 2.05) is 23.7 Å². The lowest BCUT2D eigenvalue weighted by molar-refractivity contribution is 0.564. The molecule has 0 N–H and O–H groups in total. The van der Waals surface area contributed by atoms with E-state index >= 15 is 0 Å². The van der Waals surface area contributed by atoms with E-state index in [0.717, 1.165) is 17.0 Å². The molecule has 0 amide bonds. The van der Waals surface area contributed by atoms with Gasteiger partial charge < -0.3 is 4.40 Å². The van der Waals surface area contributed by atoms with Crippen molar-refractivity contribution in [3.63, 3.8) is 0 Å². The summed E-state index contributed by atoms with van der Waals surface area (Å²) in [5.74, 6) is 0. The number of imidazole rings is 1. The molecule has 2 aromatic rings. The van der Waals surface area contributed by atoms with Gasteiger partial charge in [0, 0.05) is 17.8 Å². The molecule has 2 heterocycles. The van der Waals surface area contributed by atoms with Crippen LogP contribution in [0.25, 0.3) is 5.65 Å². The summed E-state index contributed by atoms with van der Waals surface area (Å²) in [4.78, 5) is 8.74. The Morgan fingerprint density at radius 2 is 1.93 bits per heavy atom. The van der Waals surface area contributed by atoms with Gasteiger partial charge in [-0.1, -0.05) is 20.8 Å². The molecule has 3 nitrogen and oxygen atoms in total. The van der Waals surface area contributed by atoms with Gasteiger partial charge in [-0.2, -0.15) is 0 Å². The first-order valence-corrected chi connectivity index (χ1v) is 4.79. The predicted molar refractivity (Wildman–Crippen MR) is 56.4 cm³/mol. The fraction of sp³-hybridized carbons (Fsp3) is 0.455. The summed E-state index contributed by atoms with van der Waals surface area (Å²) in [6.45, 7) is 8.46. The summed E-state index contributed by atoms with van der Waals surface area (Å²) < 4.78 is 2.03. The van der Waals surface area contributed by atoms with Gasteiger partial charge in [0.2, 0.25) is 0 Å². The maximum Gasteiger partial charge on any atom is 0.155 e. The molecule has 0 aromatic carbocycles. The maximum atomic E-state index is 4.41.